The van der Waals surface area contributed by atoms with Crippen LogP contribution in [0.25, 0.3) is 16.5 Å². The van der Waals surface area contributed by atoms with Gasteiger partial charge in [0.25, 0.3) is 5.91 Å². The number of hydrogen-bond acceptors (Lipinski definition) is 4. The van der Waals surface area contributed by atoms with E-state index < -0.39 is 0 Å². The molecule has 38 heavy (non-hydrogen) atoms. The van der Waals surface area contributed by atoms with Gasteiger partial charge in [-0.3, -0.25) is 14.7 Å². The molecule has 2 aromatic carbocycles. The Morgan fingerprint density at radius 1 is 0.895 bits per heavy atom. The standard InChI is InChI=1S/C33H37N3OS/c1-23(2)36(24(3)4)33(37)28-14-12-25(13-15-28)31(30-11-5-8-27-9-6-18-34-32(27)30)26-16-19-35(20-17-26)22-29-10-7-21-38-29/h5-15,18,21,23-24H,16-17,19-20,22H2,1-4H3. The highest BCUT2D eigenvalue weighted by Crippen LogP contribution is 2.36. The van der Waals surface area contributed by atoms with Crippen molar-refractivity contribution < 1.29 is 4.79 Å². The fourth-order valence-corrected chi connectivity index (χ4v) is 6.45. The van der Waals surface area contributed by atoms with E-state index in [1.165, 1.54) is 21.6 Å². The van der Waals surface area contributed by atoms with E-state index in [2.05, 4.69) is 86.5 Å². The van der Waals surface area contributed by atoms with E-state index >= 15 is 0 Å². The van der Waals surface area contributed by atoms with Crippen LogP contribution in [-0.4, -0.2) is 45.9 Å². The molecule has 5 rings (SSSR count). The second kappa shape index (κ2) is 11.6. The van der Waals surface area contributed by atoms with Gasteiger partial charge in [-0.25, -0.2) is 0 Å². The maximum atomic E-state index is 13.3. The second-order valence-corrected chi connectivity index (χ2v) is 11.7. The largest absolute Gasteiger partial charge is 0.334 e. The average molecular weight is 524 g/mol. The quantitative estimate of drug-likeness (QED) is 0.250. The molecule has 0 bridgehead atoms. The number of amides is 1. The summed E-state index contributed by atoms with van der Waals surface area (Å²) >= 11 is 1.83. The van der Waals surface area contributed by atoms with Crippen molar-refractivity contribution in [2.45, 2.75) is 59.2 Å². The zero-order valence-corrected chi connectivity index (χ0v) is 23.7. The third-order valence-corrected chi connectivity index (χ3v) is 8.30. The first-order valence-electron chi connectivity index (χ1n) is 13.7. The van der Waals surface area contributed by atoms with E-state index in [1.54, 1.807) is 0 Å². The number of thiophene rings is 1. The van der Waals surface area contributed by atoms with E-state index in [4.69, 9.17) is 4.98 Å². The first-order valence-corrected chi connectivity index (χ1v) is 14.5. The number of piperidine rings is 1. The summed E-state index contributed by atoms with van der Waals surface area (Å²) in [6, 6.07) is 23.5. The first kappa shape index (κ1) is 26.3. The first-order chi connectivity index (χ1) is 18.4. The molecular formula is C33H37N3OS. The highest BCUT2D eigenvalue weighted by molar-refractivity contribution is 7.09. The van der Waals surface area contributed by atoms with Gasteiger partial charge in [-0.1, -0.05) is 48.0 Å². The Balaban J connectivity index is 1.51. The van der Waals surface area contributed by atoms with Gasteiger partial charge in [0.1, 0.15) is 0 Å². The van der Waals surface area contributed by atoms with Crippen LogP contribution >= 0.6 is 11.3 Å². The molecule has 1 fully saturated rings. The summed E-state index contributed by atoms with van der Waals surface area (Å²) < 4.78 is 0. The fourth-order valence-electron chi connectivity index (χ4n) is 5.70. The van der Waals surface area contributed by atoms with Crippen LogP contribution in [0.3, 0.4) is 0 Å². The molecule has 0 radical (unpaired) electrons. The topological polar surface area (TPSA) is 36.4 Å². The van der Waals surface area contributed by atoms with Crippen molar-refractivity contribution in [1.29, 1.82) is 0 Å². The molecule has 3 heterocycles. The van der Waals surface area contributed by atoms with Gasteiger partial charge in [0.15, 0.2) is 0 Å². The van der Waals surface area contributed by atoms with Crippen LogP contribution in [0.15, 0.2) is 83.9 Å². The number of pyridine rings is 1. The fraction of sp³-hybridized carbons (Fsp3) is 0.333. The van der Waals surface area contributed by atoms with E-state index in [9.17, 15) is 4.79 Å². The van der Waals surface area contributed by atoms with Crippen LogP contribution in [0.5, 0.6) is 0 Å². The van der Waals surface area contributed by atoms with Gasteiger partial charge < -0.3 is 4.90 Å². The van der Waals surface area contributed by atoms with Crippen LogP contribution in [0.1, 0.15) is 66.9 Å². The predicted octanol–water partition coefficient (Wildman–Crippen LogP) is 7.65. The molecule has 0 atom stereocenters. The summed E-state index contributed by atoms with van der Waals surface area (Å²) in [5.41, 5.74) is 6.84. The molecule has 0 unspecified atom stereocenters. The summed E-state index contributed by atoms with van der Waals surface area (Å²) in [7, 11) is 0. The van der Waals surface area contributed by atoms with Gasteiger partial charge in [-0.2, -0.15) is 0 Å². The van der Waals surface area contributed by atoms with Crippen molar-refractivity contribution in [1.82, 2.24) is 14.8 Å². The van der Waals surface area contributed by atoms with Crippen LogP contribution < -0.4 is 0 Å². The normalized spacial score (nSPS) is 14.4. The van der Waals surface area contributed by atoms with E-state index in [0.29, 0.717) is 0 Å². The number of benzene rings is 2. The number of fused-ring (bicyclic) bond motifs is 1. The SMILES string of the molecule is CC(C)N(C(=O)c1ccc(C(=C2CCN(Cc3cccs3)CC2)c2cccc3cccnc23)cc1)C(C)C. The zero-order valence-electron chi connectivity index (χ0n) is 22.9. The number of para-hydroxylation sites is 1. The van der Waals surface area contributed by atoms with Gasteiger partial charge >= 0.3 is 0 Å². The monoisotopic (exact) mass is 523 g/mol. The molecule has 1 aliphatic rings. The third-order valence-electron chi connectivity index (χ3n) is 7.44. The molecule has 1 amide bonds. The predicted molar refractivity (Wildman–Crippen MR) is 159 cm³/mol. The molecule has 196 valence electrons. The Labute approximate surface area is 230 Å². The molecule has 0 aliphatic carbocycles. The smallest absolute Gasteiger partial charge is 0.254 e. The van der Waals surface area contributed by atoms with E-state index in [-0.39, 0.29) is 18.0 Å². The Hall–Kier alpha value is -3.28. The summed E-state index contributed by atoms with van der Waals surface area (Å²) in [4.78, 5) is 24.0. The minimum Gasteiger partial charge on any atom is -0.334 e. The van der Waals surface area contributed by atoms with Crippen molar-refractivity contribution in [2.75, 3.05) is 13.1 Å². The van der Waals surface area contributed by atoms with Crippen molar-refractivity contribution in [3.8, 4) is 0 Å². The number of hydrogen-bond donors (Lipinski definition) is 0. The number of rotatable bonds is 7. The summed E-state index contributed by atoms with van der Waals surface area (Å²) in [6.45, 7) is 11.4. The molecule has 2 aromatic heterocycles. The molecule has 1 aliphatic heterocycles. The highest BCUT2D eigenvalue weighted by atomic mass is 32.1. The minimum atomic E-state index is 0.0875. The minimum absolute atomic E-state index is 0.0875. The van der Waals surface area contributed by atoms with Gasteiger partial charge in [-0.05, 0) is 81.3 Å². The average Bonchev–Trinajstić information content (AvgIpc) is 3.43. The lowest BCUT2D eigenvalue weighted by Crippen LogP contribution is -2.42. The Bertz CT molecular complexity index is 1400. The lowest BCUT2D eigenvalue weighted by atomic mass is 9.87. The summed E-state index contributed by atoms with van der Waals surface area (Å²) in [6.07, 6.45) is 3.93. The maximum absolute atomic E-state index is 13.3. The van der Waals surface area contributed by atoms with E-state index in [1.807, 2.05) is 40.6 Å². The Kier molecular flexibility index (Phi) is 8.06. The highest BCUT2D eigenvalue weighted by Gasteiger charge is 2.23. The maximum Gasteiger partial charge on any atom is 0.254 e. The van der Waals surface area contributed by atoms with Gasteiger partial charge in [0.05, 0.1) is 5.52 Å². The van der Waals surface area contributed by atoms with Crippen LogP contribution in [-0.2, 0) is 6.54 Å². The Morgan fingerprint density at radius 3 is 2.24 bits per heavy atom. The Morgan fingerprint density at radius 2 is 1.58 bits per heavy atom. The van der Waals surface area contributed by atoms with Crippen molar-refractivity contribution in [3.63, 3.8) is 0 Å². The van der Waals surface area contributed by atoms with Crippen LogP contribution in [0.4, 0.5) is 0 Å². The number of carbonyl (C=O) groups excluding carboxylic acids is 1. The van der Waals surface area contributed by atoms with Crippen molar-refractivity contribution in [3.05, 3.63) is 105 Å². The second-order valence-electron chi connectivity index (χ2n) is 10.7. The van der Waals surface area contributed by atoms with E-state index in [0.717, 1.165) is 54.5 Å². The third kappa shape index (κ3) is 5.59. The molecular weight excluding hydrogens is 486 g/mol. The van der Waals surface area contributed by atoms with Crippen LogP contribution in [0.2, 0.25) is 0 Å². The zero-order chi connectivity index (χ0) is 26.6. The summed E-state index contributed by atoms with van der Waals surface area (Å²) in [5.74, 6) is 0.0875. The number of aromatic nitrogens is 1. The van der Waals surface area contributed by atoms with Crippen LogP contribution in [0, 0.1) is 0 Å². The van der Waals surface area contributed by atoms with Gasteiger partial charge in [0, 0.05) is 59.3 Å². The number of carbonyl (C=O) groups is 1. The molecule has 4 aromatic rings. The molecule has 1 saturated heterocycles. The molecule has 0 spiro atoms. The number of likely N-dealkylation sites (tertiary alicyclic amines) is 1. The molecule has 0 saturated carbocycles. The molecule has 0 N–H and O–H groups in total. The molecule has 5 heteroatoms. The molecule has 4 nitrogen and oxygen atoms in total. The summed E-state index contributed by atoms with van der Waals surface area (Å²) in [5, 5.41) is 3.31. The van der Waals surface area contributed by atoms with Crippen molar-refractivity contribution in [2.24, 2.45) is 0 Å². The number of nitrogens with zero attached hydrogens (tertiary/aromatic N) is 3. The lowest BCUT2D eigenvalue weighted by molar-refractivity contribution is 0.0643. The lowest BCUT2D eigenvalue weighted by Gasteiger charge is -2.31. The van der Waals surface area contributed by atoms with Crippen molar-refractivity contribution >= 4 is 33.7 Å². The van der Waals surface area contributed by atoms with Gasteiger partial charge in [-0.15, -0.1) is 11.3 Å². The van der Waals surface area contributed by atoms with Gasteiger partial charge in [0.2, 0.25) is 0 Å².